The smallest absolute Gasteiger partial charge is 0.350 e. The molecule has 0 aromatic carbocycles. The summed E-state index contributed by atoms with van der Waals surface area (Å²) < 4.78 is 5.60. The van der Waals surface area contributed by atoms with Gasteiger partial charge >= 0.3 is 5.97 Å². The first-order valence-electron chi connectivity index (χ1n) is 4.30. The van der Waals surface area contributed by atoms with Gasteiger partial charge in [-0.1, -0.05) is 6.92 Å². The van der Waals surface area contributed by atoms with Crippen molar-refractivity contribution in [3.8, 4) is 6.07 Å². The highest BCUT2D eigenvalue weighted by atomic mass is 32.2. The van der Waals surface area contributed by atoms with E-state index in [-0.39, 0.29) is 5.57 Å². The lowest BCUT2D eigenvalue weighted by Gasteiger charge is -2.01. The number of carbonyl (C=O) groups is 1. The Morgan fingerprint density at radius 2 is 2.50 bits per heavy atom. The van der Waals surface area contributed by atoms with Crippen LogP contribution in [0.3, 0.4) is 0 Å². The van der Waals surface area contributed by atoms with Crippen LogP contribution in [-0.4, -0.2) is 23.6 Å². The lowest BCUT2D eigenvalue weighted by molar-refractivity contribution is -0.138. The minimum atomic E-state index is -0.501. The van der Waals surface area contributed by atoms with Crippen molar-refractivity contribution in [1.29, 1.82) is 5.26 Å². The molecule has 1 saturated heterocycles. The molecule has 1 rings (SSSR count). The SMILES string of the molecule is CCOC(=O)C(C#N)=C1SCC(C)S1. The number of nitrogens with zero attached hydrogens (tertiary/aromatic N) is 1. The topological polar surface area (TPSA) is 50.1 Å². The summed E-state index contributed by atoms with van der Waals surface area (Å²) in [5, 5.41) is 9.30. The monoisotopic (exact) mass is 229 g/mol. The maximum absolute atomic E-state index is 11.3. The molecule has 0 aliphatic carbocycles. The average Bonchev–Trinajstić information content (AvgIpc) is 2.54. The molecule has 5 heteroatoms. The zero-order chi connectivity index (χ0) is 10.6. The van der Waals surface area contributed by atoms with E-state index < -0.39 is 5.97 Å². The fraction of sp³-hybridized carbons (Fsp3) is 0.556. The second-order valence-electron chi connectivity index (χ2n) is 2.73. The average molecular weight is 229 g/mol. The van der Waals surface area contributed by atoms with Gasteiger partial charge in [-0.3, -0.25) is 0 Å². The number of nitriles is 1. The summed E-state index contributed by atoms with van der Waals surface area (Å²) >= 11 is 3.13. The van der Waals surface area contributed by atoms with E-state index in [1.165, 1.54) is 0 Å². The Kier molecular flexibility index (Phi) is 4.36. The van der Waals surface area contributed by atoms with E-state index >= 15 is 0 Å². The van der Waals surface area contributed by atoms with Crippen LogP contribution in [0, 0.1) is 11.3 Å². The molecule has 0 saturated carbocycles. The molecule has 1 fully saturated rings. The Balaban J connectivity index is 2.80. The second-order valence-corrected chi connectivity index (χ2v) is 5.47. The normalized spacial score (nSPS) is 24.2. The molecule has 0 aromatic heterocycles. The van der Waals surface area contributed by atoms with Crippen LogP contribution in [0.25, 0.3) is 0 Å². The molecular weight excluding hydrogens is 218 g/mol. The quantitative estimate of drug-likeness (QED) is 0.412. The molecule has 0 bridgehead atoms. The van der Waals surface area contributed by atoms with Gasteiger partial charge in [0, 0.05) is 11.0 Å². The lowest BCUT2D eigenvalue weighted by Crippen LogP contribution is -2.07. The minimum Gasteiger partial charge on any atom is -0.462 e. The molecule has 76 valence electrons. The predicted octanol–water partition coefficient (Wildman–Crippen LogP) is 2.15. The molecule has 14 heavy (non-hydrogen) atoms. The van der Waals surface area contributed by atoms with Crippen molar-refractivity contribution in [2.45, 2.75) is 19.1 Å². The highest BCUT2D eigenvalue weighted by molar-refractivity contribution is 8.25. The van der Waals surface area contributed by atoms with Crippen LogP contribution < -0.4 is 0 Å². The standard InChI is InChI=1S/C9H11NO2S2/c1-3-12-8(11)7(4-10)9-13-5-6(2)14-9/h6H,3,5H2,1-2H3. The molecule has 1 unspecified atom stereocenters. The van der Waals surface area contributed by atoms with E-state index in [0.717, 1.165) is 9.99 Å². The molecule has 1 aliphatic heterocycles. The van der Waals surface area contributed by atoms with Crippen molar-refractivity contribution >= 4 is 29.5 Å². The number of hydrogen-bond acceptors (Lipinski definition) is 5. The van der Waals surface area contributed by atoms with Gasteiger partial charge in [-0.15, -0.1) is 23.5 Å². The Labute approximate surface area is 91.9 Å². The van der Waals surface area contributed by atoms with E-state index in [2.05, 4.69) is 6.92 Å². The fourth-order valence-corrected chi connectivity index (χ4v) is 3.67. The summed E-state index contributed by atoms with van der Waals surface area (Å²) in [6.45, 7) is 4.11. The third kappa shape index (κ3) is 2.69. The molecular formula is C9H11NO2S2. The highest BCUT2D eigenvalue weighted by Gasteiger charge is 2.24. The first kappa shape index (κ1) is 11.5. The van der Waals surface area contributed by atoms with Crippen LogP contribution in [0.15, 0.2) is 9.81 Å². The lowest BCUT2D eigenvalue weighted by atomic mass is 10.3. The van der Waals surface area contributed by atoms with E-state index in [9.17, 15) is 4.79 Å². The number of rotatable bonds is 2. The van der Waals surface area contributed by atoms with Crippen LogP contribution in [0.5, 0.6) is 0 Å². The number of thioether (sulfide) groups is 2. The summed E-state index contributed by atoms with van der Waals surface area (Å²) in [5.74, 6) is 0.448. The second kappa shape index (κ2) is 5.32. The first-order chi connectivity index (χ1) is 6.69. The Hall–Kier alpha value is -0.600. The molecule has 1 atom stereocenters. The van der Waals surface area contributed by atoms with Crippen LogP contribution >= 0.6 is 23.5 Å². The number of ether oxygens (including phenoxy) is 1. The molecule has 0 amide bonds. The Morgan fingerprint density at radius 3 is 2.93 bits per heavy atom. The number of hydrogen-bond donors (Lipinski definition) is 0. The van der Waals surface area contributed by atoms with Crippen LogP contribution in [0.4, 0.5) is 0 Å². The molecule has 3 nitrogen and oxygen atoms in total. The van der Waals surface area contributed by atoms with Crippen LogP contribution in [-0.2, 0) is 9.53 Å². The van der Waals surface area contributed by atoms with Gasteiger partial charge in [0.15, 0.2) is 5.57 Å². The molecule has 1 aliphatic rings. The van der Waals surface area contributed by atoms with E-state index in [1.807, 2.05) is 6.07 Å². The fourth-order valence-electron chi connectivity index (χ4n) is 0.953. The zero-order valence-corrected chi connectivity index (χ0v) is 9.70. The molecule has 0 radical (unpaired) electrons. The van der Waals surface area contributed by atoms with Gasteiger partial charge in [0.05, 0.1) is 10.8 Å². The van der Waals surface area contributed by atoms with Crippen molar-refractivity contribution in [2.24, 2.45) is 0 Å². The van der Waals surface area contributed by atoms with Gasteiger partial charge in [0.25, 0.3) is 0 Å². The van der Waals surface area contributed by atoms with Crippen molar-refractivity contribution in [1.82, 2.24) is 0 Å². The molecule has 1 heterocycles. The summed E-state index contributed by atoms with van der Waals surface area (Å²) in [6.07, 6.45) is 0. The zero-order valence-electron chi connectivity index (χ0n) is 8.07. The summed E-state index contributed by atoms with van der Waals surface area (Å²) in [6, 6.07) is 1.91. The van der Waals surface area contributed by atoms with E-state index in [0.29, 0.717) is 11.9 Å². The third-order valence-electron chi connectivity index (χ3n) is 1.55. The maximum atomic E-state index is 11.3. The Bertz CT molecular complexity index is 306. The summed E-state index contributed by atoms with van der Waals surface area (Å²) in [4.78, 5) is 11.3. The highest BCUT2D eigenvalue weighted by Crippen LogP contribution is 2.43. The molecule has 0 aromatic rings. The van der Waals surface area contributed by atoms with Gasteiger partial charge in [0.1, 0.15) is 6.07 Å². The number of carbonyl (C=O) groups excluding carboxylic acids is 1. The van der Waals surface area contributed by atoms with Gasteiger partial charge in [-0.2, -0.15) is 5.26 Å². The summed E-state index contributed by atoms with van der Waals surface area (Å²) in [7, 11) is 0. The van der Waals surface area contributed by atoms with Gasteiger partial charge in [0.2, 0.25) is 0 Å². The van der Waals surface area contributed by atoms with Crippen LogP contribution in [0.2, 0.25) is 0 Å². The largest absolute Gasteiger partial charge is 0.462 e. The Morgan fingerprint density at radius 1 is 1.79 bits per heavy atom. The molecule has 0 spiro atoms. The van der Waals surface area contributed by atoms with Gasteiger partial charge in [-0.25, -0.2) is 4.79 Å². The van der Waals surface area contributed by atoms with Gasteiger partial charge in [-0.05, 0) is 6.92 Å². The van der Waals surface area contributed by atoms with Gasteiger partial charge < -0.3 is 4.74 Å². The maximum Gasteiger partial charge on any atom is 0.350 e. The number of esters is 1. The van der Waals surface area contributed by atoms with E-state index in [4.69, 9.17) is 10.00 Å². The van der Waals surface area contributed by atoms with Crippen molar-refractivity contribution in [3.05, 3.63) is 9.81 Å². The van der Waals surface area contributed by atoms with Crippen LogP contribution in [0.1, 0.15) is 13.8 Å². The first-order valence-corrected chi connectivity index (χ1v) is 6.16. The third-order valence-corrected chi connectivity index (χ3v) is 4.53. The van der Waals surface area contributed by atoms with Crippen molar-refractivity contribution in [2.75, 3.05) is 12.4 Å². The van der Waals surface area contributed by atoms with E-state index in [1.54, 1.807) is 30.4 Å². The minimum absolute atomic E-state index is 0.159. The predicted molar refractivity (Wildman–Crippen MR) is 58.8 cm³/mol. The van der Waals surface area contributed by atoms with Crippen molar-refractivity contribution in [3.63, 3.8) is 0 Å². The molecule has 0 N–H and O–H groups in total. The summed E-state index contributed by atoms with van der Waals surface area (Å²) in [5.41, 5.74) is 0.159. The van der Waals surface area contributed by atoms with Crippen molar-refractivity contribution < 1.29 is 9.53 Å².